The summed E-state index contributed by atoms with van der Waals surface area (Å²) in [6.07, 6.45) is 2.23. The smallest absolute Gasteiger partial charge is 0.117 e. The summed E-state index contributed by atoms with van der Waals surface area (Å²) >= 11 is 0. The van der Waals surface area contributed by atoms with E-state index < -0.39 is 0 Å². The number of benzene rings is 1. The van der Waals surface area contributed by atoms with Gasteiger partial charge in [0.05, 0.1) is 25.4 Å². The minimum Gasteiger partial charge on any atom is -0.508 e. The molecule has 0 bridgehead atoms. The van der Waals surface area contributed by atoms with Crippen molar-refractivity contribution in [2.45, 2.75) is 26.3 Å². The van der Waals surface area contributed by atoms with Gasteiger partial charge < -0.3 is 19.8 Å². The summed E-state index contributed by atoms with van der Waals surface area (Å²) in [5.41, 5.74) is 3.26. The first-order valence-electron chi connectivity index (χ1n) is 6.95. The van der Waals surface area contributed by atoms with Crippen molar-refractivity contribution in [1.29, 1.82) is 0 Å². The van der Waals surface area contributed by atoms with Crippen LogP contribution in [0, 0.1) is 0 Å². The standard InChI is InChI=1S/C16H23NO3/c1-12-11-16(2,3)17(6-8-20-9-7-18)15-10-13(19)4-5-14(12)15/h4-5,10-11,18-19H,6-9H2,1-3H3. The molecule has 0 saturated carbocycles. The molecule has 110 valence electrons. The van der Waals surface area contributed by atoms with Crippen LogP contribution in [0.4, 0.5) is 5.69 Å². The van der Waals surface area contributed by atoms with Gasteiger partial charge in [-0.05, 0) is 38.5 Å². The van der Waals surface area contributed by atoms with Gasteiger partial charge in [0.2, 0.25) is 0 Å². The molecule has 0 aliphatic carbocycles. The highest BCUT2D eigenvalue weighted by molar-refractivity contribution is 5.81. The van der Waals surface area contributed by atoms with E-state index in [4.69, 9.17) is 9.84 Å². The molecule has 0 aromatic heterocycles. The lowest BCUT2D eigenvalue weighted by atomic mass is 9.89. The number of nitrogens with zero attached hydrogens (tertiary/aromatic N) is 1. The number of rotatable bonds is 5. The van der Waals surface area contributed by atoms with Crippen molar-refractivity contribution in [2.75, 3.05) is 31.3 Å². The second-order valence-electron chi connectivity index (χ2n) is 5.67. The zero-order valence-electron chi connectivity index (χ0n) is 12.4. The van der Waals surface area contributed by atoms with Gasteiger partial charge in [0.15, 0.2) is 0 Å². The SMILES string of the molecule is CC1=CC(C)(C)N(CCOCCO)c2cc(O)ccc21. The van der Waals surface area contributed by atoms with Gasteiger partial charge >= 0.3 is 0 Å². The molecule has 1 aliphatic heterocycles. The van der Waals surface area contributed by atoms with Crippen LogP contribution in [0.5, 0.6) is 5.75 Å². The first-order valence-corrected chi connectivity index (χ1v) is 6.95. The summed E-state index contributed by atoms with van der Waals surface area (Å²) in [6.45, 7) is 8.05. The van der Waals surface area contributed by atoms with E-state index in [1.54, 1.807) is 12.1 Å². The van der Waals surface area contributed by atoms with E-state index >= 15 is 0 Å². The van der Waals surface area contributed by atoms with E-state index in [9.17, 15) is 5.11 Å². The van der Waals surface area contributed by atoms with Gasteiger partial charge in [-0.2, -0.15) is 0 Å². The van der Waals surface area contributed by atoms with Crippen LogP contribution in [0.2, 0.25) is 0 Å². The second kappa shape index (κ2) is 5.85. The number of aromatic hydroxyl groups is 1. The van der Waals surface area contributed by atoms with Gasteiger partial charge in [0.1, 0.15) is 5.75 Å². The summed E-state index contributed by atoms with van der Waals surface area (Å²) in [7, 11) is 0. The zero-order valence-corrected chi connectivity index (χ0v) is 12.4. The summed E-state index contributed by atoms with van der Waals surface area (Å²) in [5.74, 6) is 0.274. The highest BCUT2D eigenvalue weighted by Crippen LogP contribution is 2.40. The van der Waals surface area contributed by atoms with E-state index in [0.29, 0.717) is 19.8 Å². The van der Waals surface area contributed by atoms with Crippen LogP contribution in [0.15, 0.2) is 24.3 Å². The molecule has 4 nitrogen and oxygen atoms in total. The molecule has 0 atom stereocenters. The minimum atomic E-state index is -0.131. The predicted molar refractivity (Wildman–Crippen MR) is 81.1 cm³/mol. The van der Waals surface area contributed by atoms with Crippen LogP contribution in [-0.4, -0.2) is 42.1 Å². The summed E-state index contributed by atoms with van der Waals surface area (Å²) in [4.78, 5) is 2.23. The Balaban J connectivity index is 2.27. The molecule has 1 aromatic carbocycles. The van der Waals surface area contributed by atoms with E-state index in [1.165, 1.54) is 5.57 Å². The van der Waals surface area contributed by atoms with E-state index in [2.05, 4.69) is 31.7 Å². The maximum atomic E-state index is 9.76. The first-order chi connectivity index (χ1) is 9.45. The molecule has 0 saturated heterocycles. The monoisotopic (exact) mass is 277 g/mol. The van der Waals surface area contributed by atoms with Crippen LogP contribution in [-0.2, 0) is 4.74 Å². The molecule has 1 aliphatic rings. The molecule has 2 rings (SSSR count). The van der Waals surface area contributed by atoms with Crippen molar-refractivity contribution in [2.24, 2.45) is 0 Å². The Labute approximate surface area is 120 Å². The molecule has 0 fully saturated rings. The van der Waals surface area contributed by atoms with Crippen LogP contribution < -0.4 is 4.90 Å². The number of hydrogen-bond donors (Lipinski definition) is 2. The molecule has 0 unspecified atom stereocenters. The quantitative estimate of drug-likeness (QED) is 0.812. The third kappa shape index (κ3) is 2.97. The Morgan fingerprint density at radius 3 is 2.70 bits per heavy atom. The normalized spacial score (nSPS) is 16.8. The minimum absolute atomic E-state index is 0.0414. The fourth-order valence-corrected chi connectivity index (χ4v) is 2.80. The Bertz CT molecular complexity index is 508. The van der Waals surface area contributed by atoms with Crippen LogP contribution in [0.3, 0.4) is 0 Å². The van der Waals surface area contributed by atoms with Gasteiger partial charge in [0.25, 0.3) is 0 Å². The average molecular weight is 277 g/mol. The summed E-state index contributed by atoms with van der Waals surface area (Å²) in [5, 5.41) is 18.5. The van der Waals surface area contributed by atoms with E-state index in [-0.39, 0.29) is 17.9 Å². The fraction of sp³-hybridized carbons (Fsp3) is 0.500. The van der Waals surface area contributed by atoms with E-state index in [0.717, 1.165) is 11.3 Å². The summed E-state index contributed by atoms with van der Waals surface area (Å²) < 4.78 is 5.38. The number of phenolic OH excluding ortho intramolecular Hbond substituents is 1. The Kier molecular flexibility index (Phi) is 4.35. The maximum Gasteiger partial charge on any atom is 0.117 e. The summed E-state index contributed by atoms with van der Waals surface area (Å²) in [6, 6.07) is 5.47. The van der Waals surface area contributed by atoms with Gasteiger partial charge in [0, 0.05) is 23.9 Å². The molecule has 4 heteroatoms. The number of aliphatic hydroxyl groups excluding tert-OH is 1. The molecule has 0 amide bonds. The molecule has 2 N–H and O–H groups in total. The van der Waals surface area contributed by atoms with Gasteiger partial charge in [-0.3, -0.25) is 0 Å². The van der Waals surface area contributed by atoms with Crippen molar-refractivity contribution in [3.05, 3.63) is 29.8 Å². The lowest BCUT2D eigenvalue weighted by molar-refractivity contribution is 0.0953. The predicted octanol–water partition coefficient (Wildman–Crippen LogP) is 2.40. The number of ether oxygens (including phenoxy) is 1. The number of allylic oxidation sites excluding steroid dienone is 1. The van der Waals surface area contributed by atoms with Crippen LogP contribution in [0.1, 0.15) is 26.3 Å². The first kappa shape index (κ1) is 14.9. The van der Waals surface area contributed by atoms with Gasteiger partial charge in [-0.25, -0.2) is 0 Å². The number of anilines is 1. The average Bonchev–Trinajstić information content (AvgIpc) is 2.36. The van der Waals surface area contributed by atoms with Crippen molar-refractivity contribution in [3.63, 3.8) is 0 Å². The third-order valence-corrected chi connectivity index (χ3v) is 3.66. The van der Waals surface area contributed by atoms with Crippen molar-refractivity contribution in [3.8, 4) is 5.75 Å². The van der Waals surface area contributed by atoms with Crippen LogP contribution >= 0.6 is 0 Å². The zero-order chi connectivity index (χ0) is 14.8. The third-order valence-electron chi connectivity index (χ3n) is 3.66. The molecule has 1 aromatic rings. The maximum absolute atomic E-state index is 9.76. The van der Waals surface area contributed by atoms with Crippen molar-refractivity contribution < 1.29 is 14.9 Å². The number of aliphatic hydroxyl groups is 1. The number of hydrogen-bond acceptors (Lipinski definition) is 4. The fourth-order valence-electron chi connectivity index (χ4n) is 2.80. The molecule has 0 spiro atoms. The van der Waals surface area contributed by atoms with Gasteiger partial charge in [-0.1, -0.05) is 6.08 Å². The topological polar surface area (TPSA) is 52.9 Å². The van der Waals surface area contributed by atoms with Crippen molar-refractivity contribution >= 4 is 11.3 Å². The van der Waals surface area contributed by atoms with Crippen molar-refractivity contribution in [1.82, 2.24) is 0 Å². The van der Waals surface area contributed by atoms with E-state index in [1.807, 2.05) is 6.07 Å². The highest BCUT2D eigenvalue weighted by Gasteiger charge is 2.31. The molecule has 20 heavy (non-hydrogen) atoms. The Morgan fingerprint density at radius 1 is 1.25 bits per heavy atom. The lowest BCUT2D eigenvalue weighted by Crippen LogP contribution is -2.46. The van der Waals surface area contributed by atoms with Crippen LogP contribution in [0.25, 0.3) is 5.57 Å². The number of fused-ring (bicyclic) bond motifs is 1. The highest BCUT2D eigenvalue weighted by atomic mass is 16.5. The molecular formula is C16H23NO3. The Hall–Kier alpha value is -1.52. The number of phenols is 1. The molecule has 0 radical (unpaired) electrons. The lowest BCUT2D eigenvalue weighted by Gasteiger charge is -2.43. The molecule has 1 heterocycles. The van der Waals surface area contributed by atoms with Gasteiger partial charge in [-0.15, -0.1) is 0 Å². The Morgan fingerprint density at radius 2 is 2.00 bits per heavy atom. The second-order valence-corrected chi connectivity index (χ2v) is 5.67. The largest absolute Gasteiger partial charge is 0.508 e. The molecular weight excluding hydrogens is 254 g/mol.